The first-order chi connectivity index (χ1) is 5.97. The second-order valence-electron chi connectivity index (χ2n) is 3.24. The van der Waals surface area contributed by atoms with Crippen molar-refractivity contribution >= 4 is 0 Å². The highest BCUT2D eigenvalue weighted by Crippen LogP contribution is 2.05. The maximum Gasteiger partial charge on any atom is 0.123 e. The van der Waals surface area contributed by atoms with Crippen molar-refractivity contribution in [3.8, 4) is 0 Å². The third-order valence-corrected chi connectivity index (χ3v) is 2.41. The fourth-order valence-electron chi connectivity index (χ4n) is 1.70. The monoisotopic (exact) mass is 170 g/mol. The summed E-state index contributed by atoms with van der Waals surface area (Å²) in [4.78, 5) is 2.37. The minimum atomic E-state index is 0.300. The van der Waals surface area contributed by atoms with Gasteiger partial charge in [0.25, 0.3) is 0 Å². The molecule has 2 aliphatic heterocycles. The number of rotatable bonds is 1. The number of nitrogens with one attached hydrogen (secondary N) is 1. The number of morpholine rings is 1. The predicted octanol–water partition coefficient (Wildman–Crippen LogP) is -1.15. The van der Waals surface area contributed by atoms with E-state index in [9.17, 15) is 0 Å². The molecule has 0 saturated carbocycles. The molecule has 0 spiro atoms. The Morgan fingerprint density at radius 2 is 2.17 bits per heavy atom. The molecule has 2 fully saturated rings. The molecular formula is C8H16N3O. The van der Waals surface area contributed by atoms with Gasteiger partial charge in [0.1, 0.15) is 6.23 Å². The van der Waals surface area contributed by atoms with Crippen LogP contribution in [0, 0.1) is 0 Å². The van der Waals surface area contributed by atoms with Crippen LogP contribution >= 0.6 is 0 Å². The summed E-state index contributed by atoms with van der Waals surface area (Å²) in [5.74, 6) is 0. The lowest BCUT2D eigenvalue weighted by Gasteiger charge is -2.36. The molecule has 2 heterocycles. The lowest BCUT2D eigenvalue weighted by atomic mass is 10.3. The van der Waals surface area contributed by atoms with E-state index in [4.69, 9.17) is 4.74 Å². The Bertz CT molecular complexity index is 114. The zero-order valence-corrected chi connectivity index (χ0v) is 7.33. The van der Waals surface area contributed by atoms with Crippen molar-refractivity contribution in [1.82, 2.24) is 15.5 Å². The van der Waals surface area contributed by atoms with Crippen LogP contribution in [0.5, 0.6) is 0 Å². The molecule has 0 aromatic heterocycles. The average Bonchev–Trinajstić information content (AvgIpc) is 2.21. The van der Waals surface area contributed by atoms with E-state index in [1.54, 1.807) is 0 Å². The largest absolute Gasteiger partial charge is 0.360 e. The third kappa shape index (κ3) is 1.95. The van der Waals surface area contributed by atoms with E-state index < -0.39 is 0 Å². The van der Waals surface area contributed by atoms with Gasteiger partial charge in [-0.2, -0.15) is 0 Å². The molecule has 69 valence electrons. The molecule has 2 rings (SSSR count). The summed E-state index contributed by atoms with van der Waals surface area (Å²) in [6.45, 7) is 6.88. The van der Waals surface area contributed by atoms with Crippen LogP contribution in [0.1, 0.15) is 0 Å². The van der Waals surface area contributed by atoms with Gasteiger partial charge in [-0.05, 0) is 0 Å². The Kier molecular flexibility index (Phi) is 2.94. The van der Waals surface area contributed by atoms with E-state index in [1.165, 1.54) is 0 Å². The molecule has 1 atom stereocenters. The van der Waals surface area contributed by atoms with Crippen molar-refractivity contribution in [2.45, 2.75) is 6.23 Å². The van der Waals surface area contributed by atoms with Crippen LogP contribution in [-0.4, -0.2) is 57.0 Å². The van der Waals surface area contributed by atoms with Crippen molar-refractivity contribution in [2.24, 2.45) is 0 Å². The van der Waals surface area contributed by atoms with Gasteiger partial charge in [-0.25, -0.2) is 5.32 Å². The second-order valence-corrected chi connectivity index (χ2v) is 3.24. The Balaban J connectivity index is 1.80. The highest BCUT2D eigenvalue weighted by Gasteiger charge is 2.22. The molecule has 1 N–H and O–H groups in total. The van der Waals surface area contributed by atoms with Crippen molar-refractivity contribution < 1.29 is 4.74 Å². The maximum absolute atomic E-state index is 5.64. The van der Waals surface area contributed by atoms with Gasteiger partial charge >= 0.3 is 0 Å². The molecule has 12 heavy (non-hydrogen) atoms. The van der Waals surface area contributed by atoms with E-state index in [-0.39, 0.29) is 0 Å². The Morgan fingerprint density at radius 1 is 1.33 bits per heavy atom. The van der Waals surface area contributed by atoms with E-state index in [2.05, 4.69) is 15.5 Å². The number of piperazine rings is 1. The van der Waals surface area contributed by atoms with E-state index in [0.717, 1.165) is 45.9 Å². The van der Waals surface area contributed by atoms with Gasteiger partial charge in [0, 0.05) is 39.3 Å². The molecule has 2 saturated heterocycles. The average molecular weight is 170 g/mol. The highest BCUT2D eigenvalue weighted by atomic mass is 16.5. The lowest BCUT2D eigenvalue weighted by Crippen LogP contribution is -2.53. The first kappa shape index (κ1) is 8.44. The van der Waals surface area contributed by atoms with Crippen molar-refractivity contribution in [3.63, 3.8) is 0 Å². The van der Waals surface area contributed by atoms with Gasteiger partial charge in [0.2, 0.25) is 0 Å². The highest BCUT2D eigenvalue weighted by molar-refractivity contribution is 4.74. The molecule has 4 heteroatoms. The van der Waals surface area contributed by atoms with Gasteiger partial charge in [0.15, 0.2) is 0 Å². The molecule has 0 bridgehead atoms. The van der Waals surface area contributed by atoms with Crippen LogP contribution in [0.3, 0.4) is 0 Å². The number of nitrogens with zero attached hydrogens (tertiary/aromatic N) is 2. The van der Waals surface area contributed by atoms with Crippen molar-refractivity contribution in [2.75, 3.05) is 45.9 Å². The van der Waals surface area contributed by atoms with Crippen molar-refractivity contribution in [3.05, 3.63) is 0 Å². The molecule has 2 aliphatic rings. The third-order valence-electron chi connectivity index (χ3n) is 2.41. The summed E-state index contributed by atoms with van der Waals surface area (Å²) in [7, 11) is 0. The molecule has 1 radical (unpaired) electrons. The molecule has 0 aromatic rings. The summed E-state index contributed by atoms with van der Waals surface area (Å²) < 4.78 is 5.64. The topological polar surface area (TPSA) is 38.6 Å². The lowest BCUT2D eigenvalue weighted by molar-refractivity contribution is -0.0791. The summed E-state index contributed by atoms with van der Waals surface area (Å²) in [6.07, 6.45) is 0.300. The van der Waals surface area contributed by atoms with E-state index in [1.807, 2.05) is 0 Å². The first-order valence-corrected chi connectivity index (χ1v) is 4.66. The molecule has 0 aromatic carbocycles. The predicted molar refractivity (Wildman–Crippen MR) is 46.1 cm³/mol. The summed E-state index contributed by atoms with van der Waals surface area (Å²) in [5.41, 5.74) is 0. The maximum atomic E-state index is 5.64. The van der Waals surface area contributed by atoms with Crippen LogP contribution < -0.4 is 10.6 Å². The van der Waals surface area contributed by atoms with Crippen LogP contribution in [0.25, 0.3) is 0 Å². The minimum absolute atomic E-state index is 0.300. The quantitative estimate of drug-likeness (QED) is 0.540. The van der Waals surface area contributed by atoms with Crippen LogP contribution in [0.15, 0.2) is 0 Å². The fraction of sp³-hybridized carbons (Fsp3) is 1.00. The number of ether oxygens (including phenoxy) is 1. The minimum Gasteiger partial charge on any atom is -0.360 e. The van der Waals surface area contributed by atoms with Crippen molar-refractivity contribution in [1.29, 1.82) is 0 Å². The fourth-order valence-corrected chi connectivity index (χ4v) is 1.70. The zero-order chi connectivity index (χ0) is 8.23. The van der Waals surface area contributed by atoms with Crippen LogP contribution in [0.2, 0.25) is 0 Å². The normalized spacial score (nSPS) is 33.5. The smallest absolute Gasteiger partial charge is 0.123 e. The van der Waals surface area contributed by atoms with Gasteiger partial charge in [-0.3, -0.25) is 4.90 Å². The summed E-state index contributed by atoms with van der Waals surface area (Å²) >= 11 is 0. The Labute approximate surface area is 73.3 Å². The molecular weight excluding hydrogens is 154 g/mol. The van der Waals surface area contributed by atoms with Gasteiger partial charge in [0.05, 0.1) is 6.61 Å². The Hall–Kier alpha value is -0.160. The van der Waals surface area contributed by atoms with Crippen LogP contribution in [-0.2, 0) is 4.74 Å². The SMILES string of the molecule is C1CN(C2CNCCO2)CC[N]1. The summed E-state index contributed by atoms with van der Waals surface area (Å²) in [5, 5.41) is 7.64. The standard InChI is InChI=1S/C8H16N3O/c1-4-11(5-2-9-1)8-7-10-3-6-12-8/h8,10H,1-7H2. The molecule has 1 unspecified atom stereocenters. The summed E-state index contributed by atoms with van der Waals surface area (Å²) in [6, 6.07) is 0. The molecule has 0 amide bonds. The van der Waals surface area contributed by atoms with E-state index >= 15 is 0 Å². The Morgan fingerprint density at radius 3 is 2.83 bits per heavy atom. The van der Waals surface area contributed by atoms with Crippen LogP contribution in [0.4, 0.5) is 0 Å². The zero-order valence-electron chi connectivity index (χ0n) is 7.33. The molecule has 4 nitrogen and oxygen atoms in total. The number of hydrogen-bond donors (Lipinski definition) is 1. The molecule has 0 aliphatic carbocycles. The van der Waals surface area contributed by atoms with E-state index in [0.29, 0.717) is 6.23 Å². The second kappa shape index (κ2) is 4.18. The van der Waals surface area contributed by atoms with Gasteiger partial charge in [-0.15, -0.1) is 0 Å². The van der Waals surface area contributed by atoms with Gasteiger partial charge < -0.3 is 10.1 Å². The first-order valence-electron chi connectivity index (χ1n) is 4.66. The number of hydrogen-bond acceptors (Lipinski definition) is 3. The van der Waals surface area contributed by atoms with Gasteiger partial charge in [-0.1, -0.05) is 0 Å².